The summed E-state index contributed by atoms with van der Waals surface area (Å²) in [6.45, 7) is 3.31. The standard InChI is InChI=1S/C15H20O4/c1-3-19-15(16)6-4-5-11-18-12-13-7-9-14(17-2)10-8-13/h4,6-10H,3,5,11-12H2,1-2H3/b6-4+. The van der Waals surface area contributed by atoms with Gasteiger partial charge in [-0.3, -0.25) is 0 Å². The zero-order valence-corrected chi connectivity index (χ0v) is 11.4. The maximum Gasteiger partial charge on any atom is 0.330 e. The lowest BCUT2D eigenvalue weighted by Gasteiger charge is -2.04. The zero-order chi connectivity index (χ0) is 13.9. The minimum atomic E-state index is -0.308. The average molecular weight is 264 g/mol. The van der Waals surface area contributed by atoms with Crippen LogP contribution in [-0.2, 0) is 20.9 Å². The lowest BCUT2D eigenvalue weighted by atomic mass is 10.2. The molecule has 0 aliphatic rings. The highest BCUT2D eigenvalue weighted by atomic mass is 16.5. The molecule has 0 aromatic heterocycles. The van der Waals surface area contributed by atoms with Crippen LogP contribution < -0.4 is 4.74 Å². The van der Waals surface area contributed by atoms with Crippen LogP contribution in [0.5, 0.6) is 5.75 Å². The van der Waals surface area contributed by atoms with Crippen LogP contribution in [0.15, 0.2) is 36.4 Å². The molecular formula is C15H20O4. The van der Waals surface area contributed by atoms with Crippen molar-refractivity contribution in [2.75, 3.05) is 20.3 Å². The van der Waals surface area contributed by atoms with Gasteiger partial charge in [0, 0.05) is 6.08 Å². The number of esters is 1. The molecular weight excluding hydrogens is 244 g/mol. The molecule has 1 aromatic rings. The van der Waals surface area contributed by atoms with Gasteiger partial charge in [0.2, 0.25) is 0 Å². The first-order valence-electron chi connectivity index (χ1n) is 6.30. The van der Waals surface area contributed by atoms with E-state index in [2.05, 4.69) is 0 Å². The Morgan fingerprint density at radius 2 is 2.00 bits per heavy atom. The fourth-order valence-electron chi connectivity index (χ4n) is 1.43. The molecule has 0 heterocycles. The molecule has 4 heteroatoms. The minimum absolute atomic E-state index is 0.308. The van der Waals surface area contributed by atoms with Crippen LogP contribution in [-0.4, -0.2) is 26.3 Å². The van der Waals surface area contributed by atoms with Gasteiger partial charge < -0.3 is 14.2 Å². The Balaban J connectivity index is 2.15. The lowest BCUT2D eigenvalue weighted by Crippen LogP contribution is -1.99. The van der Waals surface area contributed by atoms with Crippen LogP contribution in [0.4, 0.5) is 0 Å². The van der Waals surface area contributed by atoms with Crippen molar-refractivity contribution in [1.82, 2.24) is 0 Å². The van der Waals surface area contributed by atoms with Crippen LogP contribution in [0.2, 0.25) is 0 Å². The summed E-state index contributed by atoms with van der Waals surface area (Å²) in [6, 6.07) is 7.74. The third-order valence-corrected chi connectivity index (χ3v) is 2.40. The van der Waals surface area contributed by atoms with Crippen LogP contribution >= 0.6 is 0 Å². The van der Waals surface area contributed by atoms with Crippen molar-refractivity contribution >= 4 is 5.97 Å². The topological polar surface area (TPSA) is 44.8 Å². The Kier molecular flexibility index (Phi) is 7.35. The summed E-state index contributed by atoms with van der Waals surface area (Å²) in [7, 11) is 1.64. The van der Waals surface area contributed by atoms with Crippen LogP contribution in [0, 0.1) is 0 Å². The van der Waals surface area contributed by atoms with E-state index in [9.17, 15) is 4.79 Å². The van der Waals surface area contributed by atoms with Gasteiger partial charge in [0.1, 0.15) is 5.75 Å². The van der Waals surface area contributed by atoms with E-state index in [1.54, 1.807) is 20.1 Å². The van der Waals surface area contributed by atoms with Crippen molar-refractivity contribution in [1.29, 1.82) is 0 Å². The van der Waals surface area contributed by atoms with Crippen molar-refractivity contribution in [3.63, 3.8) is 0 Å². The molecule has 0 spiro atoms. The quantitative estimate of drug-likeness (QED) is 0.411. The van der Waals surface area contributed by atoms with Crippen molar-refractivity contribution in [2.45, 2.75) is 20.0 Å². The summed E-state index contributed by atoms with van der Waals surface area (Å²) in [6.07, 6.45) is 3.88. The van der Waals surface area contributed by atoms with E-state index in [0.29, 0.717) is 26.2 Å². The Hall–Kier alpha value is -1.81. The molecule has 1 rings (SSSR count). The second kappa shape index (κ2) is 9.16. The molecule has 4 nitrogen and oxygen atoms in total. The molecule has 0 bridgehead atoms. The first-order valence-corrected chi connectivity index (χ1v) is 6.30. The first kappa shape index (κ1) is 15.2. The molecule has 1 aromatic carbocycles. The molecule has 0 saturated heterocycles. The molecule has 0 amide bonds. The van der Waals surface area contributed by atoms with Gasteiger partial charge in [-0.2, -0.15) is 0 Å². The number of methoxy groups -OCH3 is 1. The lowest BCUT2D eigenvalue weighted by molar-refractivity contribution is -0.137. The zero-order valence-electron chi connectivity index (χ0n) is 11.4. The van der Waals surface area contributed by atoms with E-state index in [1.807, 2.05) is 24.3 Å². The van der Waals surface area contributed by atoms with Gasteiger partial charge in [-0.05, 0) is 31.0 Å². The van der Waals surface area contributed by atoms with Gasteiger partial charge in [-0.15, -0.1) is 0 Å². The molecule has 0 aliphatic heterocycles. The largest absolute Gasteiger partial charge is 0.497 e. The SMILES string of the molecule is CCOC(=O)/C=C/CCOCc1ccc(OC)cc1. The molecule has 0 saturated carbocycles. The summed E-state index contributed by atoms with van der Waals surface area (Å²) in [4.78, 5) is 11.0. The number of carbonyl (C=O) groups excluding carboxylic acids is 1. The number of benzene rings is 1. The van der Waals surface area contributed by atoms with Gasteiger partial charge in [0.15, 0.2) is 0 Å². The van der Waals surface area contributed by atoms with Crippen LogP contribution in [0.25, 0.3) is 0 Å². The van der Waals surface area contributed by atoms with E-state index in [-0.39, 0.29) is 5.97 Å². The second-order valence-corrected chi connectivity index (χ2v) is 3.84. The monoisotopic (exact) mass is 264 g/mol. The van der Waals surface area contributed by atoms with Crippen LogP contribution in [0.1, 0.15) is 18.9 Å². The smallest absolute Gasteiger partial charge is 0.330 e. The molecule has 104 valence electrons. The number of carbonyl (C=O) groups is 1. The molecule has 0 aliphatic carbocycles. The minimum Gasteiger partial charge on any atom is -0.497 e. The predicted octanol–water partition coefficient (Wildman–Crippen LogP) is 2.72. The maximum atomic E-state index is 11.0. The summed E-state index contributed by atoms with van der Waals surface area (Å²) in [5, 5.41) is 0. The van der Waals surface area contributed by atoms with Crippen molar-refractivity contribution < 1.29 is 19.0 Å². The maximum absolute atomic E-state index is 11.0. The summed E-state index contributed by atoms with van der Waals surface area (Å²) < 4.78 is 15.3. The number of ether oxygens (including phenoxy) is 3. The molecule has 0 unspecified atom stereocenters. The summed E-state index contributed by atoms with van der Waals surface area (Å²) in [5.74, 6) is 0.527. The van der Waals surface area contributed by atoms with E-state index < -0.39 is 0 Å². The molecule has 0 N–H and O–H groups in total. The van der Waals surface area contributed by atoms with Crippen molar-refractivity contribution in [3.8, 4) is 5.75 Å². The molecule has 0 fully saturated rings. The third-order valence-electron chi connectivity index (χ3n) is 2.40. The van der Waals surface area contributed by atoms with Gasteiger partial charge in [-0.25, -0.2) is 4.79 Å². The molecule has 0 radical (unpaired) electrons. The van der Waals surface area contributed by atoms with Gasteiger partial charge in [0.25, 0.3) is 0 Å². The van der Waals surface area contributed by atoms with Crippen molar-refractivity contribution in [3.05, 3.63) is 42.0 Å². The molecule has 0 atom stereocenters. The number of rotatable bonds is 8. The Morgan fingerprint density at radius 3 is 2.63 bits per heavy atom. The van der Waals surface area contributed by atoms with Crippen LogP contribution in [0.3, 0.4) is 0 Å². The first-order chi connectivity index (χ1) is 9.26. The Labute approximate surface area is 114 Å². The van der Waals surface area contributed by atoms with E-state index >= 15 is 0 Å². The third kappa shape index (κ3) is 6.62. The number of hydrogen-bond acceptors (Lipinski definition) is 4. The number of hydrogen-bond donors (Lipinski definition) is 0. The fraction of sp³-hybridized carbons (Fsp3) is 0.400. The van der Waals surface area contributed by atoms with E-state index in [4.69, 9.17) is 14.2 Å². The highest BCUT2D eigenvalue weighted by Gasteiger charge is 1.95. The van der Waals surface area contributed by atoms with Gasteiger partial charge in [0.05, 0.1) is 26.9 Å². The van der Waals surface area contributed by atoms with E-state index in [0.717, 1.165) is 11.3 Å². The average Bonchev–Trinajstić information content (AvgIpc) is 2.43. The summed E-state index contributed by atoms with van der Waals surface area (Å²) in [5.41, 5.74) is 1.09. The Morgan fingerprint density at radius 1 is 1.26 bits per heavy atom. The molecule has 19 heavy (non-hydrogen) atoms. The second-order valence-electron chi connectivity index (χ2n) is 3.84. The normalized spacial score (nSPS) is 10.6. The highest BCUT2D eigenvalue weighted by Crippen LogP contribution is 2.11. The van der Waals surface area contributed by atoms with Gasteiger partial charge >= 0.3 is 5.97 Å². The summed E-state index contributed by atoms with van der Waals surface area (Å²) >= 11 is 0. The van der Waals surface area contributed by atoms with E-state index in [1.165, 1.54) is 6.08 Å². The predicted molar refractivity (Wildman–Crippen MR) is 73.0 cm³/mol. The highest BCUT2D eigenvalue weighted by molar-refractivity contribution is 5.81. The van der Waals surface area contributed by atoms with Crippen molar-refractivity contribution in [2.24, 2.45) is 0 Å². The Bertz CT molecular complexity index is 395. The fourth-order valence-corrected chi connectivity index (χ4v) is 1.43. The van der Waals surface area contributed by atoms with Gasteiger partial charge in [-0.1, -0.05) is 18.2 Å².